The van der Waals surface area contributed by atoms with Gasteiger partial charge in [-0.05, 0) is 38.5 Å². The Morgan fingerprint density at radius 1 is 1.11 bits per heavy atom. The monoisotopic (exact) mass is 402 g/mol. The lowest BCUT2D eigenvalue weighted by Gasteiger charge is -2.29. The number of hydrogen-bond acceptors (Lipinski definition) is 6. The summed E-state index contributed by atoms with van der Waals surface area (Å²) in [5.74, 6) is -1.79. The van der Waals surface area contributed by atoms with Crippen molar-refractivity contribution in [3.05, 3.63) is 53.1 Å². The fourth-order valence-electron chi connectivity index (χ4n) is 4.69. The van der Waals surface area contributed by atoms with Crippen molar-refractivity contribution in [2.24, 2.45) is 17.8 Å². The van der Waals surface area contributed by atoms with Gasteiger partial charge in [0.05, 0.1) is 16.9 Å². The lowest BCUT2D eigenvalue weighted by Crippen LogP contribution is -2.38. The molecule has 28 heavy (non-hydrogen) atoms. The van der Waals surface area contributed by atoms with Gasteiger partial charge in [0, 0.05) is 17.4 Å². The highest BCUT2D eigenvalue weighted by Crippen LogP contribution is 2.49. The molecule has 1 fully saturated rings. The summed E-state index contributed by atoms with van der Waals surface area (Å²) < 4.78 is 37.0. The van der Waals surface area contributed by atoms with Crippen LogP contribution in [-0.4, -0.2) is 32.4 Å². The second kappa shape index (κ2) is 6.67. The van der Waals surface area contributed by atoms with Crippen molar-refractivity contribution in [1.29, 1.82) is 0 Å². The maximum Gasteiger partial charge on any atom is 0.309 e. The van der Waals surface area contributed by atoms with Crippen LogP contribution < -0.4 is 0 Å². The number of ether oxygens (including phenoxy) is 1. The summed E-state index contributed by atoms with van der Waals surface area (Å²) in [7, 11) is -4.02. The first-order valence-corrected chi connectivity index (χ1v) is 10.7. The van der Waals surface area contributed by atoms with Gasteiger partial charge < -0.3 is 4.74 Å². The smallest absolute Gasteiger partial charge is 0.309 e. The third kappa shape index (κ3) is 2.93. The number of esters is 1. The number of allylic oxidation sites excluding steroid dienone is 1. The van der Waals surface area contributed by atoms with Crippen molar-refractivity contribution in [1.82, 2.24) is 0 Å². The molecule has 1 aromatic carbocycles. The number of benzene rings is 1. The van der Waals surface area contributed by atoms with Gasteiger partial charge in [0.25, 0.3) is 10.1 Å². The van der Waals surface area contributed by atoms with Crippen LogP contribution >= 0.6 is 0 Å². The van der Waals surface area contributed by atoms with E-state index in [4.69, 9.17) is 8.92 Å². The van der Waals surface area contributed by atoms with Gasteiger partial charge in [0.2, 0.25) is 0 Å². The van der Waals surface area contributed by atoms with Crippen molar-refractivity contribution in [3.8, 4) is 0 Å². The molecule has 5 atom stereocenters. The molecule has 0 saturated carbocycles. The summed E-state index contributed by atoms with van der Waals surface area (Å²) in [4.78, 5) is 24.9. The van der Waals surface area contributed by atoms with Crippen LogP contribution in [0.3, 0.4) is 0 Å². The van der Waals surface area contributed by atoms with E-state index in [1.807, 2.05) is 13.8 Å². The van der Waals surface area contributed by atoms with Crippen molar-refractivity contribution in [3.63, 3.8) is 0 Å². The van der Waals surface area contributed by atoms with Gasteiger partial charge in [-0.3, -0.25) is 13.8 Å². The van der Waals surface area contributed by atoms with E-state index in [0.29, 0.717) is 5.57 Å². The topological polar surface area (TPSA) is 86.7 Å². The predicted octanol–water partition coefficient (Wildman–Crippen LogP) is 2.80. The lowest BCUT2D eigenvalue weighted by molar-refractivity contribution is -0.144. The van der Waals surface area contributed by atoms with Crippen molar-refractivity contribution >= 4 is 21.9 Å². The number of carbonyl (C=O) groups excluding carboxylic acids is 2. The standard InChI is InChI=1S/C21H22O6S/c1-11-9-15(22)17-12(2)10-16(19-13(3)21(23)26-20(19)18(11)17)27-28(24,25)14-7-5-4-6-8-14/h4-9,13,16,18-20H,10H2,1-3H3/t13-,16-,18-,19+,20-/m0/s1. The van der Waals surface area contributed by atoms with E-state index >= 15 is 0 Å². The Kier molecular flexibility index (Phi) is 4.55. The molecule has 0 spiro atoms. The second-order valence-corrected chi connectivity index (χ2v) is 9.37. The normalized spacial score (nSPS) is 32.5. The zero-order valence-electron chi connectivity index (χ0n) is 15.9. The molecule has 1 saturated heterocycles. The summed E-state index contributed by atoms with van der Waals surface area (Å²) in [5.41, 5.74) is 2.23. The molecule has 4 rings (SSSR count). The molecule has 1 aromatic rings. The minimum absolute atomic E-state index is 0.0614. The Balaban J connectivity index is 1.76. The quantitative estimate of drug-likeness (QED) is 0.571. The van der Waals surface area contributed by atoms with E-state index in [2.05, 4.69) is 0 Å². The first-order valence-electron chi connectivity index (χ1n) is 9.31. The Bertz CT molecular complexity index is 1000. The van der Waals surface area contributed by atoms with Gasteiger partial charge in [-0.2, -0.15) is 8.42 Å². The van der Waals surface area contributed by atoms with Gasteiger partial charge in [-0.15, -0.1) is 0 Å². The molecule has 1 heterocycles. The SMILES string of the molecule is CC1=CC(=O)C2=C(C)C[C@H](OS(=O)(=O)c3ccccc3)[C@@H]3[C@@H](OC(=O)[C@H]3C)[C@@H]12. The zero-order valence-corrected chi connectivity index (χ0v) is 16.7. The molecule has 0 radical (unpaired) electrons. The lowest BCUT2D eigenvalue weighted by atomic mass is 9.80. The van der Waals surface area contributed by atoms with E-state index in [1.54, 1.807) is 31.2 Å². The largest absolute Gasteiger partial charge is 0.461 e. The van der Waals surface area contributed by atoms with Gasteiger partial charge >= 0.3 is 5.97 Å². The highest BCUT2D eigenvalue weighted by atomic mass is 32.2. The minimum Gasteiger partial charge on any atom is -0.461 e. The molecule has 1 aliphatic heterocycles. The summed E-state index contributed by atoms with van der Waals surface area (Å²) >= 11 is 0. The van der Waals surface area contributed by atoms with E-state index in [-0.39, 0.29) is 29.0 Å². The van der Waals surface area contributed by atoms with Crippen molar-refractivity contribution in [2.75, 3.05) is 0 Å². The van der Waals surface area contributed by atoms with Gasteiger partial charge in [-0.25, -0.2) is 0 Å². The number of carbonyl (C=O) groups is 2. The summed E-state index contributed by atoms with van der Waals surface area (Å²) in [5, 5.41) is 0. The Morgan fingerprint density at radius 3 is 2.46 bits per heavy atom. The molecule has 0 unspecified atom stereocenters. The van der Waals surface area contributed by atoms with E-state index in [1.165, 1.54) is 12.1 Å². The average Bonchev–Trinajstić information content (AvgIpc) is 3.05. The van der Waals surface area contributed by atoms with Crippen LogP contribution in [-0.2, 0) is 28.6 Å². The Labute approximate surface area is 164 Å². The molecule has 0 N–H and O–H groups in total. The van der Waals surface area contributed by atoms with Crippen LogP contribution in [0.2, 0.25) is 0 Å². The summed E-state index contributed by atoms with van der Waals surface area (Å²) in [6, 6.07) is 7.92. The fourth-order valence-corrected chi connectivity index (χ4v) is 5.81. The third-order valence-corrected chi connectivity index (χ3v) is 7.36. The first-order chi connectivity index (χ1) is 13.2. The van der Waals surface area contributed by atoms with E-state index < -0.39 is 34.2 Å². The number of fused-ring (bicyclic) bond motifs is 3. The molecule has 2 aliphatic carbocycles. The van der Waals surface area contributed by atoms with Crippen LogP contribution in [0.5, 0.6) is 0 Å². The van der Waals surface area contributed by atoms with Gasteiger partial charge in [-0.1, -0.05) is 36.3 Å². The maximum atomic E-state index is 12.8. The van der Waals surface area contributed by atoms with E-state index in [9.17, 15) is 18.0 Å². The van der Waals surface area contributed by atoms with Crippen molar-refractivity contribution in [2.45, 2.75) is 44.3 Å². The molecule has 3 aliphatic rings. The highest BCUT2D eigenvalue weighted by molar-refractivity contribution is 7.86. The Hall–Kier alpha value is -2.25. The van der Waals surface area contributed by atoms with Gasteiger partial charge in [0.1, 0.15) is 6.10 Å². The maximum absolute atomic E-state index is 12.8. The number of hydrogen-bond donors (Lipinski definition) is 0. The summed E-state index contributed by atoms with van der Waals surface area (Å²) in [6.45, 7) is 5.40. The van der Waals surface area contributed by atoms with E-state index in [0.717, 1.165) is 11.1 Å². The van der Waals surface area contributed by atoms with Crippen LogP contribution in [0, 0.1) is 17.8 Å². The van der Waals surface area contributed by atoms with Crippen LogP contribution in [0.15, 0.2) is 58.0 Å². The van der Waals surface area contributed by atoms with Crippen molar-refractivity contribution < 1.29 is 26.9 Å². The first kappa shape index (κ1) is 19.1. The molecular weight excluding hydrogens is 380 g/mol. The second-order valence-electron chi connectivity index (χ2n) is 7.80. The molecule has 0 bridgehead atoms. The summed E-state index contributed by atoms with van der Waals surface area (Å²) in [6.07, 6.45) is 0.454. The fraction of sp³-hybridized carbons (Fsp3) is 0.429. The predicted molar refractivity (Wildman–Crippen MR) is 101 cm³/mol. The van der Waals surface area contributed by atoms with Crippen LogP contribution in [0.4, 0.5) is 0 Å². The molecule has 7 heteroatoms. The Morgan fingerprint density at radius 2 is 1.79 bits per heavy atom. The highest BCUT2D eigenvalue weighted by Gasteiger charge is 2.55. The zero-order chi connectivity index (χ0) is 20.2. The van der Waals surface area contributed by atoms with Crippen LogP contribution in [0.1, 0.15) is 27.2 Å². The molecule has 0 amide bonds. The minimum atomic E-state index is -4.02. The number of ketones is 1. The number of rotatable bonds is 3. The molecule has 148 valence electrons. The average molecular weight is 402 g/mol. The van der Waals surface area contributed by atoms with Gasteiger partial charge in [0.15, 0.2) is 5.78 Å². The molecule has 6 nitrogen and oxygen atoms in total. The third-order valence-electron chi connectivity index (χ3n) is 6.01. The molecule has 0 aromatic heterocycles. The van der Waals surface area contributed by atoms with Crippen LogP contribution in [0.25, 0.3) is 0 Å². The molecular formula is C21H22O6S.